The maximum absolute atomic E-state index is 11.7. The van der Waals surface area contributed by atoms with E-state index in [9.17, 15) is 4.79 Å². The van der Waals surface area contributed by atoms with Crippen molar-refractivity contribution in [3.63, 3.8) is 0 Å². The van der Waals surface area contributed by atoms with E-state index in [0.29, 0.717) is 5.57 Å². The van der Waals surface area contributed by atoms with Gasteiger partial charge in [0.1, 0.15) is 12.2 Å². The Morgan fingerprint density at radius 1 is 1.47 bits per heavy atom. The first-order valence-corrected chi connectivity index (χ1v) is 6.74. The molecule has 2 aliphatic heterocycles. The van der Waals surface area contributed by atoms with E-state index in [0.717, 1.165) is 25.7 Å². The lowest BCUT2D eigenvalue weighted by Crippen LogP contribution is -2.28. The summed E-state index contributed by atoms with van der Waals surface area (Å²) < 4.78 is 11.3. The third kappa shape index (κ3) is 2.35. The quantitative estimate of drug-likeness (QED) is 0.316. The van der Waals surface area contributed by atoms with Crippen LogP contribution in [0, 0.1) is 5.92 Å². The Bertz CT molecular complexity index is 443. The number of allylic oxidation sites excluding steroid dienone is 2. The Morgan fingerprint density at radius 2 is 2.21 bits per heavy atom. The first-order valence-electron chi connectivity index (χ1n) is 6.74. The van der Waals surface area contributed by atoms with Crippen LogP contribution in [0.4, 0.5) is 0 Å². The van der Waals surface area contributed by atoms with Crippen molar-refractivity contribution in [2.45, 2.75) is 57.3 Å². The molecule has 0 aromatic carbocycles. The minimum Gasteiger partial charge on any atom is -0.455 e. The molecule has 0 bridgehead atoms. The molecule has 4 heteroatoms. The number of carbonyl (C=O) groups excluding carboxylic acids is 1. The smallest absolute Gasteiger partial charge is 0.334 e. The van der Waals surface area contributed by atoms with Crippen LogP contribution in [0.1, 0.15) is 39.5 Å². The molecule has 19 heavy (non-hydrogen) atoms. The number of hydrogen-bond acceptors (Lipinski definition) is 4. The Kier molecular flexibility index (Phi) is 3.58. The molecule has 0 unspecified atom stereocenters. The van der Waals surface area contributed by atoms with Crippen molar-refractivity contribution in [3.8, 4) is 0 Å². The topological polar surface area (TPSA) is 73.8 Å². The number of ether oxygens (including phenoxy) is 2. The molecular formula is C15H23NO3. The van der Waals surface area contributed by atoms with Gasteiger partial charge in [-0.15, -0.1) is 0 Å². The van der Waals surface area contributed by atoms with Crippen molar-refractivity contribution in [2.75, 3.05) is 0 Å². The van der Waals surface area contributed by atoms with E-state index in [1.807, 2.05) is 0 Å². The summed E-state index contributed by atoms with van der Waals surface area (Å²) in [6.45, 7) is 8.17. The summed E-state index contributed by atoms with van der Waals surface area (Å²) in [6.07, 6.45) is 6.25. The second kappa shape index (κ2) is 4.76. The summed E-state index contributed by atoms with van der Waals surface area (Å²) in [6, 6.07) is 0. The fraction of sp³-hybridized carbons (Fsp3) is 0.667. The van der Waals surface area contributed by atoms with Crippen LogP contribution in [0.3, 0.4) is 0 Å². The van der Waals surface area contributed by atoms with E-state index >= 15 is 0 Å². The Balaban J connectivity index is 0.00000133. The summed E-state index contributed by atoms with van der Waals surface area (Å²) in [5.41, 5.74) is 1.91. The summed E-state index contributed by atoms with van der Waals surface area (Å²) in [5, 5.41) is 0. The summed E-state index contributed by atoms with van der Waals surface area (Å²) >= 11 is 0. The SMILES string of the molecule is C=C1C(=O)O[C@H]2[C@H]1CC/C(C)=C/CC[C@@]1(C)O[C@@H]21.N. The third-order valence-electron chi connectivity index (χ3n) is 4.57. The molecule has 0 radical (unpaired) electrons. The van der Waals surface area contributed by atoms with Gasteiger partial charge in [-0.3, -0.25) is 0 Å². The Labute approximate surface area is 114 Å². The minimum absolute atomic E-state index is 0. The molecule has 1 aliphatic carbocycles. The standard InChI is InChI=1S/C15H20O3.H3N/c1-9-5-4-8-15(3)13(18-15)12-11(7-6-9)10(2)14(16)17-12;/h5,11-13H,2,4,6-8H2,1,3H3;1H3/b9-5+;/t11-,12-,13-,15+;/m0./s1. The highest BCUT2D eigenvalue weighted by Gasteiger charge is 2.61. The zero-order valence-electron chi connectivity index (χ0n) is 11.8. The van der Waals surface area contributed by atoms with Gasteiger partial charge in [-0.05, 0) is 39.5 Å². The molecule has 0 amide bonds. The summed E-state index contributed by atoms with van der Waals surface area (Å²) in [4.78, 5) is 11.7. The van der Waals surface area contributed by atoms with Crippen molar-refractivity contribution in [2.24, 2.45) is 5.92 Å². The number of epoxide rings is 1. The number of fused-ring (bicyclic) bond motifs is 3. The van der Waals surface area contributed by atoms with Crippen molar-refractivity contribution < 1.29 is 14.3 Å². The molecule has 4 nitrogen and oxygen atoms in total. The largest absolute Gasteiger partial charge is 0.455 e. The van der Waals surface area contributed by atoms with Crippen molar-refractivity contribution in [1.82, 2.24) is 6.15 Å². The molecule has 2 fully saturated rings. The summed E-state index contributed by atoms with van der Waals surface area (Å²) in [5.74, 6) is -0.102. The Hall–Kier alpha value is -1.13. The van der Waals surface area contributed by atoms with E-state index in [-0.39, 0.29) is 35.8 Å². The lowest BCUT2D eigenvalue weighted by molar-refractivity contribution is -0.140. The first kappa shape index (κ1) is 14.3. The van der Waals surface area contributed by atoms with Crippen LogP contribution >= 0.6 is 0 Å². The normalized spacial score (nSPS) is 44.1. The molecular weight excluding hydrogens is 242 g/mol. The average Bonchev–Trinajstić information content (AvgIpc) is 2.90. The third-order valence-corrected chi connectivity index (χ3v) is 4.57. The van der Waals surface area contributed by atoms with Crippen molar-refractivity contribution in [3.05, 3.63) is 23.8 Å². The van der Waals surface area contributed by atoms with Crippen LogP contribution in [0.2, 0.25) is 0 Å². The predicted octanol–water partition coefficient (Wildman–Crippen LogP) is 2.92. The van der Waals surface area contributed by atoms with Crippen LogP contribution in [-0.2, 0) is 14.3 Å². The molecule has 0 spiro atoms. The number of carbonyl (C=O) groups is 1. The fourth-order valence-corrected chi connectivity index (χ4v) is 3.20. The van der Waals surface area contributed by atoms with Crippen LogP contribution < -0.4 is 6.15 Å². The monoisotopic (exact) mass is 265 g/mol. The molecule has 0 aromatic rings. The van der Waals surface area contributed by atoms with Gasteiger partial charge in [-0.1, -0.05) is 18.2 Å². The second-order valence-electron chi connectivity index (χ2n) is 5.98. The number of hydrogen-bond donors (Lipinski definition) is 1. The average molecular weight is 265 g/mol. The highest BCUT2D eigenvalue weighted by Crippen LogP contribution is 2.49. The molecule has 4 atom stereocenters. The first-order chi connectivity index (χ1) is 8.51. The number of esters is 1. The van der Waals surface area contributed by atoms with Gasteiger partial charge in [0.05, 0.1) is 5.60 Å². The highest BCUT2D eigenvalue weighted by molar-refractivity contribution is 5.91. The second-order valence-corrected chi connectivity index (χ2v) is 5.98. The lowest BCUT2D eigenvalue weighted by atomic mass is 9.84. The van der Waals surface area contributed by atoms with Crippen molar-refractivity contribution >= 4 is 5.97 Å². The van der Waals surface area contributed by atoms with Gasteiger partial charge in [0.2, 0.25) is 0 Å². The van der Waals surface area contributed by atoms with Gasteiger partial charge in [0.25, 0.3) is 0 Å². The molecule has 2 saturated heterocycles. The number of rotatable bonds is 0. The molecule has 0 saturated carbocycles. The molecule has 2 heterocycles. The molecule has 106 valence electrons. The zero-order valence-corrected chi connectivity index (χ0v) is 11.8. The molecule has 3 aliphatic rings. The molecule has 3 rings (SSSR count). The van der Waals surface area contributed by atoms with Crippen molar-refractivity contribution in [1.29, 1.82) is 0 Å². The molecule has 3 N–H and O–H groups in total. The van der Waals surface area contributed by atoms with Crippen LogP contribution in [0.15, 0.2) is 23.8 Å². The van der Waals surface area contributed by atoms with Crippen LogP contribution in [0.25, 0.3) is 0 Å². The van der Waals surface area contributed by atoms with Gasteiger partial charge >= 0.3 is 5.97 Å². The van der Waals surface area contributed by atoms with Crippen LogP contribution in [-0.4, -0.2) is 23.8 Å². The fourth-order valence-electron chi connectivity index (χ4n) is 3.20. The van der Waals surface area contributed by atoms with E-state index < -0.39 is 0 Å². The van der Waals surface area contributed by atoms with Crippen LogP contribution in [0.5, 0.6) is 0 Å². The van der Waals surface area contributed by atoms with E-state index in [4.69, 9.17) is 9.47 Å². The maximum atomic E-state index is 11.7. The van der Waals surface area contributed by atoms with Gasteiger partial charge in [0, 0.05) is 11.5 Å². The highest BCUT2D eigenvalue weighted by atomic mass is 16.6. The van der Waals surface area contributed by atoms with Gasteiger partial charge in [-0.25, -0.2) is 4.79 Å². The van der Waals surface area contributed by atoms with Gasteiger partial charge < -0.3 is 15.6 Å². The summed E-state index contributed by atoms with van der Waals surface area (Å²) in [7, 11) is 0. The molecule has 0 aromatic heterocycles. The minimum atomic E-state index is -0.233. The zero-order chi connectivity index (χ0) is 12.9. The van der Waals surface area contributed by atoms with E-state index in [1.165, 1.54) is 5.57 Å². The maximum Gasteiger partial charge on any atom is 0.334 e. The van der Waals surface area contributed by atoms with E-state index in [2.05, 4.69) is 26.5 Å². The van der Waals surface area contributed by atoms with Gasteiger partial charge in [0.15, 0.2) is 0 Å². The van der Waals surface area contributed by atoms with Gasteiger partial charge in [-0.2, -0.15) is 0 Å². The lowest BCUT2D eigenvalue weighted by Gasteiger charge is -2.19. The Morgan fingerprint density at radius 3 is 2.95 bits per heavy atom. The van der Waals surface area contributed by atoms with E-state index in [1.54, 1.807) is 0 Å². The predicted molar refractivity (Wildman–Crippen MR) is 73.0 cm³/mol.